The van der Waals surface area contributed by atoms with E-state index in [9.17, 15) is 5.11 Å². The van der Waals surface area contributed by atoms with E-state index >= 15 is 0 Å². The number of ether oxygens (including phenoxy) is 1. The largest absolute Gasteiger partial charge is 0.496 e. The topological polar surface area (TPSA) is 50.5 Å². The Kier molecular flexibility index (Phi) is 5.76. The van der Waals surface area contributed by atoms with Gasteiger partial charge in [-0.1, -0.05) is 6.42 Å². The number of rotatable bonds is 6. The van der Waals surface area contributed by atoms with Crippen molar-refractivity contribution in [3.8, 4) is 17.1 Å². The van der Waals surface area contributed by atoms with Crippen LogP contribution in [0.25, 0.3) is 11.4 Å². The average Bonchev–Trinajstić information content (AvgIpc) is 3.10. The number of aliphatic hydroxyl groups is 1. The second-order valence-corrected chi connectivity index (χ2v) is 6.88. The summed E-state index contributed by atoms with van der Waals surface area (Å²) in [5.41, 5.74) is 3.52. The minimum Gasteiger partial charge on any atom is -0.496 e. The first-order chi connectivity index (χ1) is 12.2. The molecule has 1 fully saturated rings. The summed E-state index contributed by atoms with van der Waals surface area (Å²) in [6, 6.07) is 4.42. The van der Waals surface area contributed by atoms with Crippen LogP contribution in [-0.4, -0.2) is 52.4 Å². The molecule has 1 aliphatic heterocycles. The van der Waals surface area contributed by atoms with E-state index < -0.39 is 0 Å². The van der Waals surface area contributed by atoms with E-state index in [-0.39, 0.29) is 6.61 Å². The highest BCUT2D eigenvalue weighted by molar-refractivity contribution is 5.64. The second-order valence-electron chi connectivity index (χ2n) is 6.88. The van der Waals surface area contributed by atoms with Gasteiger partial charge >= 0.3 is 0 Å². The molecule has 2 heterocycles. The van der Waals surface area contributed by atoms with Crippen molar-refractivity contribution < 1.29 is 9.84 Å². The molecule has 5 heteroatoms. The number of imidazole rings is 1. The summed E-state index contributed by atoms with van der Waals surface area (Å²) in [4.78, 5) is 7.02. The Balaban J connectivity index is 1.78. The molecule has 1 aromatic heterocycles. The van der Waals surface area contributed by atoms with Crippen LogP contribution < -0.4 is 4.74 Å². The zero-order valence-electron chi connectivity index (χ0n) is 15.5. The zero-order valence-corrected chi connectivity index (χ0v) is 15.5. The maximum Gasteiger partial charge on any atom is 0.140 e. The van der Waals surface area contributed by atoms with Crippen LogP contribution in [0.1, 0.15) is 30.4 Å². The second kappa shape index (κ2) is 8.02. The summed E-state index contributed by atoms with van der Waals surface area (Å²) in [5.74, 6) is 1.92. The highest BCUT2D eigenvalue weighted by Crippen LogP contribution is 2.30. The molecule has 2 aromatic rings. The first kappa shape index (κ1) is 18.0. The maximum atomic E-state index is 9.59. The fourth-order valence-corrected chi connectivity index (χ4v) is 3.79. The van der Waals surface area contributed by atoms with Crippen LogP contribution in [0.4, 0.5) is 0 Å². The molecule has 0 aliphatic carbocycles. The van der Waals surface area contributed by atoms with Gasteiger partial charge in [-0.25, -0.2) is 4.98 Å². The third-order valence-corrected chi connectivity index (χ3v) is 5.50. The van der Waals surface area contributed by atoms with Gasteiger partial charge in [0.15, 0.2) is 0 Å². The standard InChI is InChI=1S/C20H29N3O2/c1-15-16(2)19(25-3)8-7-18(15)20-21-9-11-23(20)13-12-22-10-5-4-6-17(22)14-24/h7-9,11,17,24H,4-6,10,12-14H2,1-3H3/t17-/m1/s1. The third kappa shape index (κ3) is 3.72. The number of nitrogens with zero attached hydrogens (tertiary/aromatic N) is 3. The molecule has 3 rings (SSSR count). The summed E-state index contributed by atoms with van der Waals surface area (Å²) in [6.45, 7) is 7.38. The van der Waals surface area contributed by atoms with Crippen molar-refractivity contribution in [3.05, 3.63) is 35.7 Å². The minimum absolute atomic E-state index is 0.258. The van der Waals surface area contributed by atoms with Crippen LogP contribution in [-0.2, 0) is 6.54 Å². The first-order valence-electron chi connectivity index (χ1n) is 9.16. The zero-order chi connectivity index (χ0) is 17.8. The van der Waals surface area contributed by atoms with Crippen molar-refractivity contribution in [1.82, 2.24) is 14.5 Å². The van der Waals surface area contributed by atoms with E-state index in [0.29, 0.717) is 6.04 Å². The van der Waals surface area contributed by atoms with Gasteiger partial charge in [0.1, 0.15) is 11.6 Å². The summed E-state index contributed by atoms with van der Waals surface area (Å²) >= 11 is 0. The van der Waals surface area contributed by atoms with Gasteiger partial charge in [0, 0.05) is 37.1 Å². The van der Waals surface area contributed by atoms with Crippen molar-refractivity contribution in [2.75, 3.05) is 26.8 Å². The molecule has 0 radical (unpaired) electrons. The van der Waals surface area contributed by atoms with Crippen molar-refractivity contribution in [2.24, 2.45) is 0 Å². The normalized spacial score (nSPS) is 18.5. The van der Waals surface area contributed by atoms with E-state index in [0.717, 1.165) is 48.8 Å². The van der Waals surface area contributed by atoms with Gasteiger partial charge in [-0.05, 0) is 56.5 Å². The third-order valence-electron chi connectivity index (χ3n) is 5.50. The molecule has 1 N–H and O–H groups in total. The Hall–Kier alpha value is -1.85. The molecule has 0 saturated carbocycles. The molecule has 5 nitrogen and oxygen atoms in total. The quantitative estimate of drug-likeness (QED) is 0.876. The Morgan fingerprint density at radius 2 is 2.04 bits per heavy atom. The molecule has 0 amide bonds. The Morgan fingerprint density at radius 1 is 1.20 bits per heavy atom. The predicted octanol–water partition coefficient (Wildman–Crippen LogP) is 3.02. The lowest BCUT2D eigenvalue weighted by molar-refractivity contribution is 0.0873. The van der Waals surface area contributed by atoms with Crippen LogP contribution in [0.15, 0.2) is 24.5 Å². The number of aromatic nitrogens is 2. The van der Waals surface area contributed by atoms with E-state index in [4.69, 9.17) is 4.74 Å². The first-order valence-corrected chi connectivity index (χ1v) is 9.16. The number of hydrogen-bond acceptors (Lipinski definition) is 4. The smallest absolute Gasteiger partial charge is 0.140 e. The molecule has 1 aliphatic rings. The Morgan fingerprint density at radius 3 is 2.80 bits per heavy atom. The average molecular weight is 343 g/mol. The van der Waals surface area contributed by atoms with Crippen LogP contribution in [0.3, 0.4) is 0 Å². The van der Waals surface area contributed by atoms with Crippen molar-refractivity contribution in [1.29, 1.82) is 0 Å². The van der Waals surface area contributed by atoms with E-state index in [2.05, 4.69) is 34.4 Å². The fourth-order valence-electron chi connectivity index (χ4n) is 3.79. The Labute approximate surface area is 150 Å². The molecular formula is C20H29N3O2. The molecule has 25 heavy (non-hydrogen) atoms. The van der Waals surface area contributed by atoms with Gasteiger partial charge in [0.2, 0.25) is 0 Å². The minimum atomic E-state index is 0.258. The van der Waals surface area contributed by atoms with Gasteiger partial charge in [0.25, 0.3) is 0 Å². The molecule has 0 spiro atoms. The Bertz CT molecular complexity index is 711. The number of aliphatic hydroxyl groups excluding tert-OH is 1. The number of benzene rings is 1. The highest BCUT2D eigenvalue weighted by Gasteiger charge is 2.21. The number of hydrogen-bond donors (Lipinski definition) is 1. The molecule has 136 valence electrons. The number of methoxy groups -OCH3 is 1. The number of piperidine rings is 1. The fraction of sp³-hybridized carbons (Fsp3) is 0.550. The van der Waals surface area contributed by atoms with Gasteiger partial charge in [-0.3, -0.25) is 4.90 Å². The van der Waals surface area contributed by atoms with Gasteiger partial charge in [-0.2, -0.15) is 0 Å². The van der Waals surface area contributed by atoms with Gasteiger partial charge < -0.3 is 14.4 Å². The molecule has 1 saturated heterocycles. The van der Waals surface area contributed by atoms with E-state index in [1.807, 2.05) is 18.5 Å². The molecule has 1 aromatic carbocycles. The van der Waals surface area contributed by atoms with Crippen molar-refractivity contribution >= 4 is 0 Å². The van der Waals surface area contributed by atoms with E-state index in [1.54, 1.807) is 7.11 Å². The summed E-state index contributed by atoms with van der Waals surface area (Å²) < 4.78 is 7.64. The van der Waals surface area contributed by atoms with Crippen LogP contribution in [0, 0.1) is 13.8 Å². The van der Waals surface area contributed by atoms with Crippen molar-refractivity contribution in [2.45, 2.75) is 45.7 Å². The summed E-state index contributed by atoms with van der Waals surface area (Å²) in [5, 5.41) is 9.59. The summed E-state index contributed by atoms with van der Waals surface area (Å²) in [6.07, 6.45) is 7.47. The lowest BCUT2D eigenvalue weighted by Gasteiger charge is -2.34. The lowest BCUT2D eigenvalue weighted by Crippen LogP contribution is -2.43. The molecular weight excluding hydrogens is 314 g/mol. The lowest BCUT2D eigenvalue weighted by atomic mass is 10.0. The SMILES string of the molecule is COc1ccc(-c2nccn2CCN2CCCC[C@@H]2CO)c(C)c1C. The molecule has 1 atom stereocenters. The van der Waals surface area contributed by atoms with Crippen LogP contribution in [0.2, 0.25) is 0 Å². The van der Waals surface area contributed by atoms with Crippen molar-refractivity contribution in [3.63, 3.8) is 0 Å². The molecule has 0 unspecified atom stereocenters. The van der Waals surface area contributed by atoms with Crippen LogP contribution >= 0.6 is 0 Å². The van der Waals surface area contributed by atoms with Crippen LogP contribution in [0.5, 0.6) is 5.75 Å². The number of likely N-dealkylation sites (tertiary alicyclic amines) is 1. The summed E-state index contributed by atoms with van der Waals surface area (Å²) in [7, 11) is 1.71. The maximum absolute atomic E-state index is 9.59. The predicted molar refractivity (Wildman–Crippen MR) is 100.0 cm³/mol. The highest BCUT2D eigenvalue weighted by atomic mass is 16.5. The van der Waals surface area contributed by atoms with E-state index in [1.165, 1.54) is 18.4 Å². The van der Waals surface area contributed by atoms with Gasteiger partial charge in [0.05, 0.1) is 13.7 Å². The molecule has 0 bridgehead atoms. The van der Waals surface area contributed by atoms with Gasteiger partial charge in [-0.15, -0.1) is 0 Å². The monoisotopic (exact) mass is 343 g/mol.